The van der Waals surface area contributed by atoms with Gasteiger partial charge in [-0.2, -0.15) is 0 Å². The monoisotopic (exact) mass is 261 g/mol. The Balaban J connectivity index is 1.68. The van der Waals surface area contributed by atoms with E-state index in [4.69, 9.17) is 0 Å². The van der Waals surface area contributed by atoms with Gasteiger partial charge in [0.05, 0.1) is 6.54 Å². The first kappa shape index (κ1) is 12.4. The molecule has 0 aliphatic rings. The predicted molar refractivity (Wildman–Crippen MR) is 81.2 cm³/mol. The normalized spacial score (nSPS) is 10.2. The number of hydrogen-bond donors (Lipinski definition) is 1. The fourth-order valence-corrected chi connectivity index (χ4v) is 2.01. The Hall–Kier alpha value is -2.68. The van der Waals surface area contributed by atoms with Gasteiger partial charge in [0.1, 0.15) is 5.82 Å². The van der Waals surface area contributed by atoms with Crippen LogP contribution in [0, 0.1) is 0 Å². The molecule has 0 fully saturated rings. The topological polar surface area (TPSA) is 37.8 Å². The average Bonchev–Trinajstić information content (AvgIpc) is 2.55. The molecular formula is C17H15N3. The first-order valence-corrected chi connectivity index (χ1v) is 6.57. The van der Waals surface area contributed by atoms with Crippen molar-refractivity contribution < 1.29 is 0 Å². The molecular weight excluding hydrogens is 246 g/mol. The first-order chi connectivity index (χ1) is 9.92. The fraction of sp³-hybridized carbons (Fsp3) is 0.0588. The molecule has 0 spiro atoms. The Morgan fingerprint density at radius 1 is 0.700 bits per heavy atom. The summed E-state index contributed by atoms with van der Waals surface area (Å²) in [5, 5.41) is 3.31. The highest BCUT2D eigenvalue weighted by molar-refractivity contribution is 5.65. The van der Waals surface area contributed by atoms with Crippen LogP contribution in [0.15, 0.2) is 73.1 Å². The van der Waals surface area contributed by atoms with Gasteiger partial charge in [-0.05, 0) is 29.3 Å². The van der Waals surface area contributed by atoms with E-state index in [1.807, 2.05) is 24.3 Å². The van der Waals surface area contributed by atoms with Crippen molar-refractivity contribution in [2.45, 2.75) is 6.54 Å². The van der Waals surface area contributed by atoms with Crippen molar-refractivity contribution in [1.82, 2.24) is 9.97 Å². The smallest absolute Gasteiger partial charge is 0.147 e. The van der Waals surface area contributed by atoms with E-state index in [9.17, 15) is 0 Å². The van der Waals surface area contributed by atoms with Crippen LogP contribution in [0.25, 0.3) is 11.1 Å². The molecule has 3 heteroatoms. The van der Waals surface area contributed by atoms with Crippen LogP contribution in [0.5, 0.6) is 0 Å². The van der Waals surface area contributed by atoms with E-state index in [2.05, 4.69) is 51.7 Å². The van der Waals surface area contributed by atoms with Crippen LogP contribution < -0.4 is 5.32 Å². The number of aromatic nitrogens is 2. The molecule has 1 aromatic heterocycles. The zero-order chi connectivity index (χ0) is 13.6. The van der Waals surface area contributed by atoms with E-state index < -0.39 is 0 Å². The molecule has 0 amide bonds. The first-order valence-electron chi connectivity index (χ1n) is 6.57. The van der Waals surface area contributed by atoms with Crippen LogP contribution in [0.4, 0.5) is 5.69 Å². The number of nitrogens with zero attached hydrogens (tertiary/aromatic N) is 2. The quantitative estimate of drug-likeness (QED) is 0.777. The molecule has 1 N–H and O–H groups in total. The Morgan fingerprint density at radius 3 is 2.05 bits per heavy atom. The Kier molecular flexibility index (Phi) is 3.69. The summed E-state index contributed by atoms with van der Waals surface area (Å²) in [6.45, 7) is 0.630. The number of benzene rings is 2. The van der Waals surface area contributed by atoms with Gasteiger partial charge in [-0.15, -0.1) is 0 Å². The van der Waals surface area contributed by atoms with E-state index >= 15 is 0 Å². The highest BCUT2D eigenvalue weighted by atomic mass is 15.0. The molecule has 1 heterocycles. The maximum atomic E-state index is 4.19. The Morgan fingerprint density at radius 2 is 1.35 bits per heavy atom. The van der Waals surface area contributed by atoms with E-state index in [1.165, 1.54) is 11.1 Å². The summed E-state index contributed by atoms with van der Waals surface area (Å²) < 4.78 is 0. The van der Waals surface area contributed by atoms with Crippen molar-refractivity contribution in [2.75, 3.05) is 5.32 Å². The van der Waals surface area contributed by atoms with Gasteiger partial charge in [0.25, 0.3) is 0 Å². The molecule has 2 aromatic carbocycles. The lowest BCUT2D eigenvalue weighted by atomic mass is 10.1. The summed E-state index contributed by atoms with van der Waals surface area (Å²) in [5.74, 6) is 0.791. The zero-order valence-electron chi connectivity index (χ0n) is 11.0. The van der Waals surface area contributed by atoms with Gasteiger partial charge in [0.2, 0.25) is 0 Å². The van der Waals surface area contributed by atoms with Crippen molar-refractivity contribution in [1.29, 1.82) is 0 Å². The van der Waals surface area contributed by atoms with Crippen LogP contribution in [0.3, 0.4) is 0 Å². The van der Waals surface area contributed by atoms with Crippen molar-refractivity contribution in [2.24, 2.45) is 0 Å². The van der Waals surface area contributed by atoms with E-state index in [0.717, 1.165) is 11.5 Å². The summed E-state index contributed by atoms with van der Waals surface area (Å²) >= 11 is 0. The Labute approximate surface area is 118 Å². The van der Waals surface area contributed by atoms with Crippen LogP contribution in [-0.4, -0.2) is 9.97 Å². The number of hydrogen-bond acceptors (Lipinski definition) is 3. The molecule has 0 bridgehead atoms. The van der Waals surface area contributed by atoms with Crippen molar-refractivity contribution in [3.05, 3.63) is 78.9 Å². The highest BCUT2D eigenvalue weighted by Gasteiger charge is 1.98. The van der Waals surface area contributed by atoms with Gasteiger partial charge in [-0.25, -0.2) is 9.97 Å². The molecule has 20 heavy (non-hydrogen) atoms. The molecule has 3 rings (SSSR count). The number of rotatable bonds is 4. The van der Waals surface area contributed by atoms with Gasteiger partial charge < -0.3 is 5.32 Å². The summed E-state index contributed by atoms with van der Waals surface area (Å²) in [4.78, 5) is 8.37. The van der Waals surface area contributed by atoms with Gasteiger partial charge in [-0.3, -0.25) is 0 Å². The number of anilines is 1. The maximum absolute atomic E-state index is 4.19. The lowest BCUT2D eigenvalue weighted by molar-refractivity contribution is 0.948. The average molecular weight is 261 g/mol. The molecule has 0 atom stereocenters. The largest absolute Gasteiger partial charge is 0.378 e. The summed E-state index contributed by atoms with van der Waals surface area (Å²) in [6, 6.07) is 20.5. The minimum Gasteiger partial charge on any atom is -0.378 e. The SMILES string of the molecule is c1ccc(-c2ccc(NCc3ncccn3)cc2)cc1. The lowest BCUT2D eigenvalue weighted by Crippen LogP contribution is -2.03. The van der Waals surface area contributed by atoms with E-state index in [0.29, 0.717) is 6.54 Å². The maximum Gasteiger partial charge on any atom is 0.147 e. The molecule has 0 saturated heterocycles. The van der Waals surface area contributed by atoms with Gasteiger partial charge in [0, 0.05) is 18.1 Å². The second-order valence-electron chi connectivity index (χ2n) is 4.46. The summed E-state index contributed by atoms with van der Waals surface area (Å²) in [5.41, 5.74) is 3.51. The second kappa shape index (κ2) is 5.97. The standard InChI is InChI=1S/C17H15N3/c1-2-5-14(6-3-1)15-7-9-16(10-8-15)20-13-17-18-11-4-12-19-17/h1-12,20H,13H2. The molecule has 3 aromatic rings. The van der Waals surface area contributed by atoms with E-state index in [1.54, 1.807) is 12.4 Å². The van der Waals surface area contributed by atoms with Crippen LogP contribution in [0.1, 0.15) is 5.82 Å². The predicted octanol–water partition coefficient (Wildman–Crippen LogP) is 3.76. The summed E-state index contributed by atoms with van der Waals surface area (Å²) in [6.07, 6.45) is 3.50. The number of nitrogens with one attached hydrogen (secondary N) is 1. The second-order valence-corrected chi connectivity index (χ2v) is 4.46. The highest BCUT2D eigenvalue weighted by Crippen LogP contribution is 2.21. The minimum absolute atomic E-state index is 0.630. The molecule has 98 valence electrons. The van der Waals surface area contributed by atoms with Gasteiger partial charge in [0.15, 0.2) is 0 Å². The van der Waals surface area contributed by atoms with Crippen LogP contribution in [0.2, 0.25) is 0 Å². The van der Waals surface area contributed by atoms with Crippen LogP contribution in [-0.2, 0) is 6.54 Å². The third-order valence-electron chi connectivity index (χ3n) is 3.06. The fourth-order valence-electron chi connectivity index (χ4n) is 2.01. The van der Waals surface area contributed by atoms with Gasteiger partial charge in [-0.1, -0.05) is 42.5 Å². The summed E-state index contributed by atoms with van der Waals surface area (Å²) in [7, 11) is 0. The van der Waals surface area contributed by atoms with Crippen LogP contribution >= 0.6 is 0 Å². The molecule has 0 aliphatic carbocycles. The Bertz CT molecular complexity index is 649. The zero-order valence-corrected chi connectivity index (χ0v) is 11.0. The molecule has 0 radical (unpaired) electrons. The van der Waals surface area contributed by atoms with Crippen molar-refractivity contribution in [3.63, 3.8) is 0 Å². The minimum atomic E-state index is 0.630. The molecule has 0 unspecified atom stereocenters. The van der Waals surface area contributed by atoms with Crippen molar-refractivity contribution >= 4 is 5.69 Å². The third-order valence-corrected chi connectivity index (χ3v) is 3.06. The third kappa shape index (κ3) is 3.01. The van der Waals surface area contributed by atoms with Crippen molar-refractivity contribution in [3.8, 4) is 11.1 Å². The lowest BCUT2D eigenvalue weighted by Gasteiger charge is -2.07. The molecule has 0 aliphatic heterocycles. The molecule has 0 saturated carbocycles. The molecule has 3 nitrogen and oxygen atoms in total. The van der Waals surface area contributed by atoms with E-state index in [-0.39, 0.29) is 0 Å². The van der Waals surface area contributed by atoms with Gasteiger partial charge >= 0.3 is 0 Å².